The van der Waals surface area contributed by atoms with Gasteiger partial charge in [-0.15, -0.1) is 0 Å². The number of pyridine rings is 1. The summed E-state index contributed by atoms with van der Waals surface area (Å²) in [6.07, 6.45) is 5.32. The van der Waals surface area contributed by atoms with Crippen molar-refractivity contribution in [3.05, 3.63) is 52.1 Å². The number of hydrogen-bond donors (Lipinski definition) is 1. The van der Waals surface area contributed by atoms with Gasteiger partial charge in [0.1, 0.15) is 11.3 Å². The Morgan fingerprint density at radius 2 is 2.07 bits per heavy atom. The third-order valence-electron chi connectivity index (χ3n) is 5.95. The van der Waals surface area contributed by atoms with Gasteiger partial charge in [0.2, 0.25) is 0 Å². The fourth-order valence-corrected chi connectivity index (χ4v) is 4.28. The zero-order valence-corrected chi connectivity index (χ0v) is 16.7. The van der Waals surface area contributed by atoms with Crippen LogP contribution in [0.2, 0.25) is 0 Å². The normalized spacial score (nSPS) is 18.4. The molecule has 1 atom stereocenters. The van der Waals surface area contributed by atoms with Gasteiger partial charge in [0.15, 0.2) is 5.43 Å². The summed E-state index contributed by atoms with van der Waals surface area (Å²) >= 11 is 0. The molecule has 1 N–H and O–H groups in total. The minimum atomic E-state index is -1.21. The number of aromatic nitrogens is 3. The van der Waals surface area contributed by atoms with E-state index in [4.69, 9.17) is 9.52 Å². The Morgan fingerprint density at radius 1 is 1.31 bits per heavy atom. The molecule has 1 aliphatic carbocycles. The van der Waals surface area contributed by atoms with Crippen molar-refractivity contribution in [3.63, 3.8) is 0 Å². The van der Waals surface area contributed by atoms with Crippen LogP contribution in [-0.2, 0) is 6.54 Å². The molecule has 1 aliphatic heterocycles. The van der Waals surface area contributed by atoms with Gasteiger partial charge in [-0.2, -0.15) is 5.10 Å². The van der Waals surface area contributed by atoms with Gasteiger partial charge in [-0.1, -0.05) is 20.8 Å². The molecule has 0 saturated heterocycles. The van der Waals surface area contributed by atoms with Gasteiger partial charge in [0.25, 0.3) is 0 Å². The molecule has 5 rings (SSSR count). The van der Waals surface area contributed by atoms with Gasteiger partial charge >= 0.3 is 5.97 Å². The van der Waals surface area contributed by atoms with Gasteiger partial charge < -0.3 is 14.1 Å². The van der Waals surface area contributed by atoms with Gasteiger partial charge in [-0.3, -0.25) is 9.48 Å². The molecular formula is C22H23N3O4. The van der Waals surface area contributed by atoms with Crippen LogP contribution >= 0.6 is 0 Å². The van der Waals surface area contributed by atoms with E-state index in [0.717, 1.165) is 35.6 Å². The third kappa shape index (κ3) is 2.75. The lowest BCUT2D eigenvalue weighted by atomic mass is 9.84. The van der Waals surface area contributed by atoms with Crippen LogP contribution in [0.15, 0.2) is 39.9 Å². The molecule has 4 heterocycles. The molecule has 0 unspecified atom stereocenters. The van der Waals surface area contributed by atoms with E-state index in [1.165, 1.54) is 12.3 Å². The molecule has 7 nitrogen and oxygen atoms in total. The molecule has 1 saturated carbocycles. The lowest BCUT2D eigenvalue weighted by molar-refractivity contribution is 0.0693. The summed E-state index contributed by atoms with van der Waals surface area (Å²) in [5.41, 5.74) is 2.58. The minimum Gasteiger partial charge on any atom is -0.477 e. The number of rotatable bonds is 3. The molecule has 3 aromatic rings. The molecule has 7 heteroatoms. The van der Waals surface area contributed by atoms with E-state index in [1.54, 1.807) is 6.26 Å². The number of fused-ring (bicyclic) bond motifs is 3. The number of furan rings is 1. The average Bonchev–Trinajstić information content (AvgIpc) is 3.20. The van der Waals surface area contributed by atoms with E-state index in [0.29, 0.717) is 18.2 Å². The van der Waals surface area contributed by atoms with Crippen molar-refractivity contribution in [3.8, 4) is 22.7 Å². The van der Waals surface area contributed by atoms with Crippen molar-refractivity contribution < 1.29 is 14.3 Å². The minimum absolute atomic E-state index is 0.0416. The number of aromatic carboxylic acids is 1. The maximum absolute atomic E-state index is 12.6. The molecule has 0 radical (unpaired) electrons. The quantitative estimate of drug-likeness (QED) is 0.722. The predicted octanol–water partition coefficient (Wildman–Crippen LogP) is 4.15. The van der Waals surface area contributed by atoms with Crippen LogP contribution in [0.25, 0.3) is 22.7 Å². The molecule has 150 valence electrons. The van der Waals surface area contributed by atoms with Crippen LogP contribution < -0.4 is 5.43 Å². The zero-order chi connectivity index (χ0) is 20.5. The fourth-order valence-electron chi connectivity index (χ4n) is 4.28. The van der Waals surface area contributed by atoms with Gasteiger partial charge in [0.05, 0.1) is 41.5 Å². The van der Waals surface area contributed by atoms with E-state index in [1.807, 2.05) is 21.4 Å². The number of hydrogen-bond acceptors (Lipinski definition) is 4. The fraction of sp³-hybridized carbons (Fsp3) is 0.409. The number of carboxylic acids is 1. The van der Waals surface area contributed by atoms with Crippen molar-refractivity contribution in [2.45, 2.75) is 52.1 Å². The summed E-state index contributed by atoms with van der Waals surface area (Å²) in [5, 5.41) is 14.4. The van der Waals surface area contributed by atoms with Crippen LogP contribution in [0, 0.1) is 5.41 Å². The topological polar surface area (TPSA) is 90.3 Å². The Morgan fingerprint density at radius 3 is 2.66 bits per heavy atom. The lowest BCUT2D eigenvalue weighted by Crippen LogP contribution is -2.35. The van der Waals surface area contributed by atoms with Gasteiger partial charge in [-0.25, -0.2) is 4.79 Å². The van der Waals surface area contributed by atoms with Crippen LogP contribution in [0.4, 0.5) is 0 Å². The molecule has 1 fully saturated rings. The SMILES string of the molecule is CC(C)(C)[C@@H]1Cn2nc(C3CC3)c(-c3ccco3)c2-c2cc(=O)c(C(=O)O)cn21. The number of carbonyl (C=O) groups is 1. The van der Waals surface area contributed by atoms with E-state index in [2.05, 4.69) is 20.8 Å². The van der Waals surface area contributed by atoms with Crippen LogP contribution in [0.5, 0.6) is 0 Å². The summed E-state index contributed by atoms with van der Waals surface area (Å²) in [7, 11) is 0. The van der Waals surface area contributed by atoms with E-state index < -0.39 is 11.4 Å². The number of nitrogens with zero attached hydrogens (tertiary/aromatic N) is 3. The second-order valence-corrected chi connectivity index (χ2v) is 9.07. The largest absolute Gasteiger partial charge is 0.477 e. The molecule has 0 amide bonds. The summed E-state index contributed by atoms with van der Waals surface area (Å²) < 4.78 is 9.66. The molecule has 0 bridgehead atoms. The summed E-state index contributed by atoms with van der Waals surface area (Å²) in [5.74, 6) is -0.0783. The molecule has 0 aromatic carbocycles. The van der Waals surface area contributed by atoms with E-state index in [-0.39, 0.29) is 17.0 Å². The van der Waals surface area contributed by atoms with E-state index >= 15 is 0 Å². The first-order valence-corrected chi connectivity index (χ1v) is 9.90. The first kappa shape index (κ1) is 18.0. The maximum atomic E-state index is 12.6. The van der Waals surface area contributed by atoms with Crippen molar-refractivity contribution in [1.29, 1.82) is 0 Å². The smallest absolute Gasteiger partial charge is 0.341 e. The Hall–Kier alpha value is -3.09. The van der Waals surface area contributed by atoms with Crippen molar-refractivity contribution in [2.75, 3.05) is 0 Å². The predicted molar refractivity (Wildman–Crippen MR) is 107 cm³/mol. The van der Waals surface area contributed by atoms with E-state index in [9.17, 15) is 14.7 Å². The van der Waals surface area contributed by atoms with Crippen molar-refractivity contribution >= 4 is 5.97 Å². The van der Waals surface area contributed by atoms with Crippen molar-refractivity contribution in [2.24, 2.45) is 5.41 Å². The Kier molecular flexibility index (Phi) is 3.69. The van der Waals surface area contributed by atoms with Crippen LogP contribution in [-0.4, -0.2) is 25.4 Å². The lowest BCUT2D eigenvalue weighted by Gasteiger charge is -2.38. The molecule has 29 heavy (non-hydrogen) atoms. The maximum Gasteiger partial charge on any atom is 0.341 e. The number of carboxylic acid groups (broad SMARTS) is 1. The first-order chi connectivity index (χ1) is 13.8. The Bertz CT molecular complexity index is 1170. The highest BCUT2D eigenvalue weighted by Gasteiger charge is 2.40. The van der Waals surface area contributed by atoms with Gasteiger partial charge in [-0.05, 0) is 30.4 Å². The molecule has 3 aromatic heterocycles. The molecule has 2 aliphatic rings. The molecule has 0 spiro atoms. The summed E-state index contributed by atoms with van der Waals surface area (Å²) in [6, 6.07) is 5.16. The van der Waals surface area contributed by atoms with Crippen molar-refractivity contribution in [1.82, 2.24) is 14.3 Å². The summed E-state index contributed by atoms with van der Waals surface area (Å²) in [4.78, 5) is 24.2. The molecular weight excluding hydrogens is 370 g/mol. The first-order valence-electron chi connectivity index (χ1n) is 9.90. The average molecular weight is 393 g/mol. The summed E-state index contributed by atoms with van der Waals surface area (Å²) in [6.45, 7) is 6.95. The highest BCUT2D eigenvalue weighted by molar-refractivity contribution is 5.88. The second-order valence-electron chi connectivity index (χ2n) is 9.07. The zero-order valence-electron chi connectivity index (χ0n) is 16.7. The van der Waals surface area contributed by atoms with Gasteiger partial charge in [0, 0.05) is 18.2 Å². The standard InChI is InChI=1S/C22H23N3O4/c1-22(2,3)17-11-25-20(14-9-15(26)13(21(27)28)10-24(14)17)18(16-5-4-8-29-16)19(23-25)12-6-7-12/h4-5,8-10,12,17H,6-7,11H2,1-3H3,(H,27,28)/t17-/m0/s1. The Balaban J connectivity index is 1.83. The highest BCUT2D eigenvalue weighted by Crippen LogP contribution is 2.50. The second kappa shape index (κ2) is 5.95. The monoisotopic (exact) mass is 393 g/mol. The highest BCUT2D eigenvalue weighted by atomic mass is 16.4. The van der Waals surface area contributed by atoms with Crippen LogP contribution in [0.1, 0.15) is 61.6 Å². The Labute approximate surface area is 167 Å². The third-order valence-corrected chi connectivity index (χ3v) is 5.95. The van der Waals surface area contributed by atoms with Crippen LogP contribution in [0.3, 0.4) is 0 Å².